The maximum atomic E-state index is 4.50. The van der Waals surface area contributed by atoms with Crippen LogP contribution >= 0.6 is 11.8 Å². The highest BCUT2D eigenvalue weighted by Gasteiger charge is 2.26. The molecule has 20 heavy (non-hydrogen) atoms. The lowest BCUT2D eigenvalue weighted by atomic mass is 10.0. The molecule has 1 fully saturated rings. The molecule has 3 nitrogen and oxygen atoms in total. The average Bonchev–Trinajstić information content (AvgIpc) is 2.83. The molecule has 1 aliphatic carbocycles. The zero-order chi connectivity index (χ0) is 14.4. The Balaban J connectivity index is 1.77. The summed E-state index contributed by atoms with van der Waals surface area (Å²) in [4.78, 5) is 9.01. The molecule has 1 aliphatic rings. The molecule has 1 saturated carbocycles. The minimum atomic E-state index is 0.746. The number of hydrogen-bond donors (Lipinski definition) is 1. The van der Waals surface area contributed by atoms with E-state index >= 15 is 0 Å². The van der Waals surface area contributed by atoms with Crippen molar-refractivity contribution in [2.45, 2.75) is 64.1 Å². The van der Waals surface area contributed by atoms with Gasteiger partial charge in [-0.25, -0.2) is 9.97 Å². The zero-order valence-corrected chi connectivity index (χ0v) is 13.8. The summed E-state index contributed by atoms with van der Waals surface area (Å²) < 4.78 is 0. The maximum Gasteiger partial charge on any atom is 0.187 e. The van der Waals surface area contributed by atoms with Gasteiger partial charge in [0.25, 0.3) is 0 Å². The highest BCUT2D eigenvalue weighted by atomic mass is 32.2. The highest BCUT2D eigenvalue weighted by molar-refractivity contribution is 7.99. The van der Waals surface area contributed by atoms with Gasteiger partial charge in [0, 0.05) is 23.2 Å². The molecular formula is C16H27N3S. The fourth-order valence-corrected chi connectivity index (χ4v) is 4.06. The normalized spacial score (nSPS) is 22.4. The van der Waals surface area contributed by atoms with Crippen LogP contribution in [0, 0.1) is 19.8 Å². The molecular weight excluding hydrogens is 266 g/mol. The van der Waals surface area contributed by atoms with Gasteiger partial charge in [-0.05, 0) is 58.1 Å². The quantitative estimate of drug-likeness (QED) is 0.614. The number of rotatable bonds is 7. The van der Waals surface area contributed by atoms with Crippen molar-refractivity contribution in [3.05, 3.63) is 17.5 Å². The molecule has 112 valence electrons. The molecule has 0 aliphatic heterocycles. The van der Waals surface area contributed by atoms with E-state index in [2.05, 4.69) is 22.2 Å². The standard InChI is InChI=1S/C16H27N3S/c1-4-9-17-15-7-5-6-14(15)8-10-20-16-18-12(2)11-13(3)19-16/h11,14-15,17H,4-10H2,1-3H3. The van der Waals surface area contributed by atoms with Gasteiger partial charge in [-0.2, -0.15) is 0 Å². The van der Waals surface area contributed by atoms with Crippen molar-refractivity contribution in [1.82, 2.24) is 15.3 Å². The summed E-state index contributed by atoms with van der Waals surface area (Å²) in [7, 11) is 0. The van der Waals surface area contributed by atoms with Gasteiger partial charge < -0.3 is 5.32 Å². The van der Waals surface area contributed by atoms with E-state index in [4.69, 9.17) is 0 Å². The molecule has 0 amide bonds. The average molecular weight is 293 g/mol. The van der Waals surface area contributed by atoms with E-state index in [0.717, 1.165) is 40.8 Å². The first kappa shape index (κ1) is 15.8. The second-order valence-electron chi connectivity index (χ2n) is 5.82. The fraction of sp³-hybridized carbons (Fsp3) is 0.750. The summed E-state index contributed by atoms with van der Waals surface area (Å²) in [5.74, 6) is 1.98. The highest BCUT2D eigenvalue weighted by Crippen LogP contribution is 2.30. The second-order valence-corrected chi connectivity index (χ2v) is 6.88. The molecule has 1 N–H and O–H groups in total. The van der Waals surface area contributed by atoms with Gasteiger partial charge in [-0.3, -0.25) is 0 Å². The van der Waals surface area contributed by atoms with Crippen LogP contribution in [-0.2, 0) is 0 Å². The summed E-state index contributed by atoms with van der Waals surface area (Å²) >= 11 is 1.81. The Hall–Kier alpha value is -0.610. The van der Waals surface area contributed by atoms with Gasteiger partial charge in [0.05, 0.1) is 0 Å². The smallest absolute Gasteiger partial charge is 0.187 e. The van der Waals surface area contributed by atoms with Crippen molar-refractivity contribution in [1.29, 1.82) is 0 Å². The third-order valence-electron chi connectivity index (χ3n) is 4.00. The monoisotopic (exact) mass is 293 g/mol. The minimum Gasteiger partial charge on any atom is -0.314 e. The summed E-state index contributed by atoms with van der Waals surface area (Å²) in [5, 5.41) is 4.65. The molecule has 0 saturated heterocycles. The first-order valence-electron chi connectivity index (χ1n) is 7.87. The van der Waals surface area contributed by atoms with E-state index in [-0.39, 0.29) is 0 Å². The molecule has 0 radical (unpaired) electrons. The van der Waals surface area contributed by atoms with Gasteiger partial charge in [0.2, 0.25) is 0 Å². The summed E-state index contributed by atoms with van der Waals surface area (Å²) in [6.07, 6.45) is 6.64. The van der Waals surface area contributed by atoms with E-state index in [1.54, 1.807) is 0 Å². The third kappa shape index (κ3) is 4.74. The Morgan fingerprint density at radius 2 is 2.00 bits per heavy atom. The van der Waals surface area contributed by atoms with Crippen molar-refractivity contribution in [3.63, 3.8) is 0 Å². The minimum absolute atomic E-state index is 0.746. The summed E-state index contributed by atoms with van der Waals surface area (Å²) in [6, 6.07) is 2.78. The van der Waals surface area contributed by atoms with Crippen LogP contribution in [0.5, 0.6) is 0 Å². The van der Waals surface area contributed by atoms with Gasteiger partial charge in [0.1, 0.15) is 0 Å². The summed E-state index contributed by atoms with van der Waals surface area (Å²) in [6.45, 7) is 7.49. The van der Waals surface area contributed by atoms with Crippen LogP contribution < -0.4 is 5.32 Å². The van der Waals surface area contributed by atoms with E-state index in [1.165, 1.54) is 32.1 Å². The first-order valence-corrected chi connectivity index (χ1v) is 8.86. The molecule has 0 aromatic carbocycles. The topological polar surface area (TPSA) is 37.8 Å². The first-order chi connectivity index (χ1) is 9.69. The Morgan fingerprint density at radius 1 is 1.25 bits per heavy atom. The third-order valence-corrected chi connectivity index (χ3v) is 4.88. The van der Waals surface area contributed by atoms with Crippen molar-refractivity contribution in [2.75, 3.05) is 12.3 Å². The number of aromatic nitrogens is 2. The van der Waals surface area contributed by atoms with Crippen LogP contribution in [0.25, 0.3) is 0 Å². The lowest BCUT2D eigenvalue weighted by Crippen LogP contribution is -2.33. The lowest BCUT2D eigenvalue weighted by molar-refractivity contribution is 0.393. The predicted octanol–water partition coefficient (Wildman–Crippen LogP) is 3.74. The number of hydrogen-bond acceptors (Lipinski definition) is 4. The Bertz CT molecular complexity index is 402. The van der Waals surface area contributed by atoms with Gasteiger partial charge >= 0.3 is 0 Å². The fourth-order valence-electron chi connectivity index (χ4n) is 3.04. The van der Waals surface area contributed by atoms with Crippen molar-refractivity contribution >= 4 is 11.8 Å². The molecule has 0 bridgehead atoms. The second kappa shape index (κ2) is 7.99. The molecule has 1 aromatic heterocycles. The van der Waals surface area contributed by atoms with Gasteiger partial charge in [-0.15, -0.1) is 0 Å². The van der Waals surface area contributed by atoms with Crippen LogP contribution in [0.2, 0.25) is 0 Å². The van der Waals surface area contributed by atoms with E-state index in [9.17, 15) is 0 Å². The van der Waals surface area contributed by atoms with Crippen molar-refractivity contribution < 1.29 is 0 Å². The molecule has 0 spiro atoms. The van der Waals surface area contributed by atoms with Crippen LogP contribution in [0.1, 0.15) is 50.4 Å². The van der Waals surface area contributed by atoms with Crippen LogP contribution in [0.15, 0.2) is 11.2 Å². The molecule has 1 aromatic rings. The molecule has 1 heterocycles. The van der Waals surface area contributed by atoms with Crippen LogP contribution in [0.3, 0.4) is 0 Å². The van der Waals surface area contributed by atoms with Crippen molar-refractivity contribution in [2.24, 2.45) is 5.92 Å². The predicted molar refractivity (Wildman–Crippen MR) is 86.3 cm³/mol. The van der Waals surface area contributed by atoms with Gasteiger partial charge in [-0.1, -0.05) is 25.1 Å². The van der Waals surface area contributed by atoms with Crippen LogP contribution in [0.4, 0.5) is 0 Å². The van der Waals surface area contributed by atoms with E-state index in [1.807, 2.05) is 31.7 Å². The number of thioether (sulfide) groups is 1. The number of nitrogens with one attached hydrogen (secondary N) is 1. The number of nitrogens with zero attached hydrogens (tertiary/aromatic N) is 2. The number of aryl methyl sites for hydroxylation is 2. The van der Waals surface area contributed by atoms with Crippen molar-refractivity contribution in [3.8, 4) is 0 Å². The molecule has 2 unspecified atom stereocenters. The Labute approximate surface area is 127 Å². The van der Waals surface area contributed by atoms with E-state index in [0.29, 0.717) is 0 Å². The maximum absolute atomic E-state index is 4.50. The van der Waals surface area contributed by atoms with E-state index < -0.39 is 0 Å². The van der Waals surface area contributed by atoms with Gasteiger partial charge in [0.15, 0.2) is 5.16 Å². The Morgan fingerprint density at radius 3 is 2.70 bits per heavy atom. The SMILES string of the molecule is CCCNC1CCCC1CCSc1nc(C)cc(C)n1. The molecule has 4 heteroatoms. The molecule has 2 rings (SSSR count). The Kier molecular flexibility index (Phi) is 6.30. The largest absolute Gasteiger partial charge is 0.314 e. The zero-order valence-electron chi connectivity index (χ0n) is 13.0. The summed E-state index contributed by atoms with van der Waals surface area (Å²) in [5.41, 5.74) is 2.15. The lowest BCUT2D eigenvalue weighted by Gasteiger charge is -2.20. The van der Waals surface area contributed by atoms with Crippen LogP contribution in [-0.4, -0.2) is 28.3 Å². The molecule has 2 atom stereocenters.